The maximum Gasteiger partial charge on any atom is 0.416 e. The Labute approximate surface area is 117 Å². The number of phenols is 2. The number of anilines is 1. The van der Waals surface area contributed by atoms with Crippen molar-refractivity contribution >= 4 is 11.6 Å². The molecule has 2 rings (SSSR count). The van der Waals surface area contributed by atoms with E-state index in [0.717, 1.165) is 18.2 Å². The van der Waals surface area contributed by atoms with E-state index < -0.39 is 29.1 Å². The van der Waals surface area contributed by atoms with Crippen molar-refractivity contribution in [3.8, 4) is 11.5 Å². The number of nitrogens with one attached hydrogen (secondary N) is 1. The quantitative estimate of drug-likeness (QED) is 0.744. The van der Waals surface area contributed by atoms with E-state index >= 15 is 0 Å². The van der Waals surface area contributed by atoms with Crippen molar-refractivity contribution in [1.29, 1.82) is 0 Å². The molecule has 0 fully saturated rings. The Bertz CT molecular complexity index is 683. The molecule has 0 heterocycles. The average Bonchev–Trinajstić information content (AvgIpc) is 2.41. The standard InChI is InChI=1S/C14H10F3NO3/c15-14(16,17)8-3-1-4-9(7-8)18-13(21)10-5-2-6-11(19)12(10)20/h1-7,19-20H,(H,18,21). The molecule has 0 aliphatic rings. The topological polar surface area (TPSA) is 69.6 Å². The fourth-order valence-corrected chi connectivity index (χ4v) is 1.69. The third-order valence-electron chi connectivity index (χ3n) is 2.71. The normalized spacial score (nSPS) is 11.2. The fourth-order valence-electron chi connectivity index (χ4n) is 1.69. The molecule has 110 valence electrons. The van der Waals surface area contributed by atoms with Gasteiger partial charge in [-0.1, -0.05) is 12.1 Å². The van der Waals surface area contributed by atoms with Crippen LogP contribution in [0.15, 0.2) is 42.5 Å². The SMILES string of the molecule is O=C(Nc1cccc(C(F)(F)F)c1)c1cccc(O)c1O. The number of benzene rings is 2. The Kier molecular flexibility index (Phi) is 3.75. The summed E-state index contributed by atoms with van der Waals surface area (Å²) in [7, 11) is 0. The van der Waals surface area contributed by atoms with E-state index in [9.17, 15) is 28.2 Å². The molecule has 2 aromatic rings. The first-order chi connectivity index (χ1) is 9.79. The van der Waals surface area contributed by atoms with Crippen molar-refractivity contribution < 1.29 is 28.2 Å². The molecule has 0 atom stereocenters. The highest BCUT2D eigenvalue weighted by molar-refractivity contribution is 6.06. The molecule has 0 spiro atoms. The zero-order chi connectivity index (χ0) is 15.6. The minimum Gasteiger partial charge on any atom is -0.504 e. The maximum atomic E-state index is 12.6. The van der Waals surface area contributed by atoms with E-state index in [4.69, 9.17) is 0 Å². The average molecular weight is 297 g/mol. The highest BCUT2D eigenvalue weighted by Crippen LogP contribution is 2.32. The lowest BCUT2D eigenvalue weighted by atomic mass is 10.1. The van der Waals surface area contributed by atoms with Gasteiger partial charge in [-0.15, -0.1) is 0 Å². The molecule has 2 aromatic carbocycles. The maximum absolute atomic E-state index is 12.6. The Morgan fingerprint density at radius 2 is 1.71 bits per heavy atom. The molecule has 1 amide bonds. The van der Waals surface area contributed by atoms with Gasteiger partial charge in [0.1, 0.15) is 0 Å². The van der Waals surface area contributed by atoms with E-state index in [2.05, 4.69) is 5.32 Å². The fraction of sp³-hybridized carbons (Fsp3) is 0.0714. The summed E-state index contributed by atoms with van der Waals surface area (Å²) in [5, 5.41) is 21.1. The van der Waals surface area contributed by atoms with Crippen LogP contribution in [0.5, 0.6) is 11.5 Å². The van der Waals surface area contributed by atoms with Crippen LogP contribution in [0, 0.1) is 0 Å². The van der Waals surface area contributed by atoms with Gasteiger partial charge in [0.25, 0.3) is 5.91 Å². The number of hydrogen-bond acceptors (Lipinski definition) is 3. The van der Waals surface area contributed by atoms with Gasteiger partial charge < -0.3 is 15.5 Å². The first-order valence-electron chi connectivity index (χ1n) is 5.78. The third kappa shape index (κ3) is 3.25. The Morgan fingerprint density at radius 3 is 2.38 bits per heavy atom. The molecule has 0 bridgehead atoms. The zero-order valence-corrected chi connectivity index (χ0v) is 10.5. The number of carbonyl (C=O) groups is 1. The van der Waals surface area contributed by atoms with Gasteiger partial charge in [-0.2, -0.15) is 13.2 Å². The number of rotatable bonds is 2. The molecular weight excluding hydrogens is 287 g/mol. The summed E-state index contributed by atoms with van der Waals surface area (Å²) in [6.07, 6.45) is -4.52. The van der Waals surface area contributed by atoms with Gasteiger partial charge in [-0.3, -0.25) is 4.79 Å². The van der Waals surface area contributed by atoms with Crippen LogP contribution >= 0.6 is 0 Å². The molecule has 0 aliphatic carbocycles. The third-order valence-corrected chi connectivity index (χ3v) is 2.71. The monoisotopic (exact) mass is 297 g/mol. The smallest absolute Gasteiger partial charge is 0.416 e. The van der Waals surface area contributed by atoms with Crippen molar-refractivity contribution in [2.24, 2.45) is 0 Å². The van der Waals surface area contributed by atoms with E-state index in [1.54, 1.807) is 0 Å². The number of hydrogen-bond donors (Lipinski definition) is 3. The second-order valence-corrected chi connectivity index (χ2v) is 4.21. The molecule has 0 aliphatic heterocycles. The highest BCUT2D eigenvalue weighted by Gasteiger charge is 2.30. The number of alkyl halides is 3. The van der Waals surface area contributed by atoms with Crippen molar-refractivity contribution in [2.75, 3.05) is 5.32 Å². The number of amides is 1. The van der Waals surface area contributed by atoms with Gasteiger partial charge in [0.05, 0.1) is 11.1 Å². The summed E-state index contributed by atoms with van der Waals surface area (Å²) < 4.78 is 37.7. The first kappa shape index (κ1) is 14.7. The summed E-state index contributed by atoms with van der Waals surface area (Å²) in [6.45, 7) is 0. The van der Waals surface area contributed by atoms with E-state index in [-0.39, 0.29) is 11.3 Å². The van der Waals surface area contributed by atoms with Crippen LogP contribution in [-0.4, -0.2) is 16.1 Å². The van der Waals surface area contributed by atoms with Crippen molar-refractivity contribution in [3.63, 3.8) is 0 Å². The van der Waals surface area contributed by atoms with Crippen LogP contribution in [0.3, 0.4) is 0 Å². The Morgan fingerprint density at radius 1 is 1.05 bits per heavy atom. The van der Waals surface area contributed by atoms with Gasteiger partial charge in [0.15, 0.2) is 11.5 Å². The Hall–Kier alpha value is -2.70. The van der Waals surface area contributed by atoms with Crippen LogP contribution in [0.4, 0.5) is 18.9 Å². The van der Waals surface area contributed by atoms with E-state index in [1.165, 1.54) is 24.3 Å². The molecule has 0 radical (unpaired) electrons. The summed E-state index contributed by atoms with van der Waals surface area (Å²) >= 11 is 0. The summed E-state index contributed by atoms with van der Waals surface area (Å²) in [5.74, 6) is -1.96. The van der Waals surface area contributed by atoms with Crippen LogP contribution in [0.1, 0.15) is 15.9 Å². The molecule has 0 unspecified atom stereocenters. The molecule has 4 nitrogen and oxygen atoms in total. The van der Waals surface area contributed by atoms with Crippen LogP contribution in [-0.2, 0) is 6.18 Å². The number of phenolic OH excluding ortho intramolecular Hbond substituents is 2. The summed E-state index contributed by atoms with van der Waals surface area (Å²) in [5.41, 5.74) is -1.22. The number of para-hydroxylation sites is 1. The molecule has 21 heavy (non-hydrogen) atoms. The van der Waals surface area contributed by atoms with Crippen molar-refractivity contribution in [2.45, 2.75) is 6.18 Å². The summed E-state index contributed by atoms with van der Waals surface area (Å²) in [6, 6.07) is 7.83. The predicted molar refractivity (Wildman–Crippen MR) is 69.2 cm³/mol. The van der Waals surface area contributed by atoms with Gasteiger partial charge >= 0.3 is 6.18 Å². The predicted octanol–water partition coefficient (Wildman–Crippen LogP) is 3.37. The van der Waals surface area contributed by atoms with Crippen molar-refractivity contribution in [1.82, 2.24) is 0 Å². The second-order valence-electron chi connectivity index (χ2n) is 4.21. The van der Waals surface area contributed by atoms with Gasteiger partial charge in [-0.25, -0.2) is 0 Å². The lowest BCUT2D eigenvalue weighted by Gasteiger charge is -2.10. The molecule has 0 aromatic heterocycles. The largest absolute Gasteiger partial charge is 0.504 e. The van der Waals surface area contributed by atoms with Gasteiger partial charge in [-0.05, 0) is 30.3 Å². The highest BCUT2D eigenvalue weighted by atomic mass is 19.4. The van der Waals surface area contributed by atoms with Crippen LogP contribution < -0.4 is 5.32 Å². The summed E-state index contributed by atoms with van der Waals surface area (Å²) in [4.78, 5) is 11.9. The first-order valence-corrected chi connectivity index (χ1v) is 5.78. The molecular formula is C14H10F3NO3. The molecule has 0 saturated carbocycles. The van der Waals surface area contributed by atoms with Crippen LogP contribution in [0.25, 0.3) is 0 Å². The Balaban J connectivity index is 2.26. The minimum atomic E-state index is -4.52. The van der Waals surface area contributed by atoms with Gasteiger partial charge in [0, 0.05) is 5.69 Å². The van der Waals surface area contributed by atoms with E-state index in [0.29, 0.717) is 0 Å². The lowest BCUT2D eigenvalue weighted by molar-refractivity contribution is -0.137. The number of carbonyl (C=O) groups excluding carboxylic acids is 1. The molecule has 7 heteroatoms. The van der Waals surface area contributed by atoms with Crippen LogP contribution in [0.2, 0.25) is 0 Å². The molecule has 3 N–H and O–H groups in total. The van der Waals surface area contributed by atoms with Gasteiger partial charge in [0.2, 0.25) is 0 Å². The second kappa shape index (κ2) is 5.35. The number of halogens is 3. The minimum absolute atomic E-state index is 0.0717. The van der Waals surface area contributed by atoms with Crippen molar-refractivity contribution in [3.05, 3.63) is 53.6 Å². The zero-order valence-electron chi connectivity index (χ0n) is 10.5. The number of aromatic hydroxyl groups is 2. The molecule has 0 saturated heterocycles. The van der Waals surface area contributed by atoms with E-state index in [1.807, 2.05) is 0 Å². The lowest BCUT2D eigenvalue weighted by Crippen LogP contribution is -2.13.